The second-order valence-corrected chi connectivity index (χ2v) is 8.31. The maximum atomic E-state index is 5.88. The van der Waals surface area contributed by atoms with E-state index in [2.05, 4.69) is 68.7 Å². The van der Waals surface area contributed by atoms with Crippen molar-refractivity contribution < 1.29 is 4.74 Å². The van der Waals surface area contributed by atoms with Gasteiger partial charge in [0.1, 0.15) is 0 Å². The predicted molar refractivity (Wildman–Crippen MR) is 107 cm³/mol. The first kappa shape index (κ1) is 21.6. The zero-order valence-corrected chi connectivity index (χ0v) is 17.4. The third-order valence-electron chi connectivity index (χ3n) is 4.22. The Bertz CT molecular complexity index is 363. The molecule has 2 atom stereocenters. The maximum Gasteiger partial charge on any atom is 0.194 e. The molecule has 0 aromatic heterocycles. The Hall–Kier alpha value is -0.460. The molecule has 1 fully saturated rings. The minimum atomic E-state index is 0.200. The molecule has 1 saturated heterocycles. The molecule has 0 saturated carbocycles. The number of rotatable bonds is 9. The van der Waals surface area contributed by atoms with Crippen LogP contribution in [0.2, 0.25) is 0 Å². The molecule has 2 unspecified atom stereocenters. The fourth-order valence-corrected chi connectivity index (χ4v) is 4.05. The zero-order chi connectivity index (χ0) is 17.9. The van der Waals surface area contributed by atoms with Crippen molar-refractivity contribution >= 4 is 17.7 Å². The van der Waals surface area contributed by atoms with Crippen molar-refractivity contribution in [3.63, 3.8) is 0 Å². The van der Waals surface area contributed by atoms with Crippen LogP contribution >= 0.6 is 11.8 Å². The summed E-state index contributed by atoms with van der Waals surface area (Å²) in [5, 5.41) is 4.17. The molecule has 0 aliphatic carbocycles. The van der Waals surface area contributed by atoms with E-state index in [-0.39, 0.29) is 6.10 Å². The molecular formula is C18H38N4OS. The van der Waals surface area contributed by atoms with Gasteiger partial charge < -0.3 is 19.9 Å². The second kappa shape index (κ2) is 12.0. The monoisotopic (exact) mass is 358 g/mol. The van der Waals surface area contributed by atoms with Gasteiger partial charge in [-0.1, -0.05) is 13.8 Å². The van der Waals surface area contributed by atoms with Gasteiger partial charge in [0.2, 0.25) is 0 Å². The quantitative estimate of drug-likeness (QED) is 0.506. The largest absolute Gasteiger partial charge is 0.377 e. The molecule has 1 aliphatic heterocycles. The first-order valence-electron chi connectivity index (χ1n) is 9.39. The van der Waals surface area contributed by atoms with Gasteiger partial charge in [-0.3, -0.25) is 4.99 Å². The lowest BCUT2D eigenvalue weighted by Gasteiger charge is -2.36. The van der Waals surface area contributed by atoms with Crippen LogP contribution in [-0.4, -0.2) is 86.3 Å². The number of ether oxygens (including phenoxy) is 1. The Balaban J connectivity index is 2.67. The Labute approximate surface area is 153 Å². The Morgan fingerprint density at radius 1 is 1.38 bits per heavy atom. The first-order chi connectivity index (χ1) is 11.5. The normalized spacial score (nSPS) is 20.8. The molecule has 0 bridgehead atoms. The fraction of sp³-hybridized carbons (Fsp3) is 0.944. The van der Waals surface area contributed by atoms with Crippen molar-refractivity contribution in [3.8, 4) is 0 Å². The average Bonchev–Trinajstić information content (AvgIpc) is 2.56. The fourth-order valence-electron chi connectivity index (χ4n) is 2.75. The van der Waals surface area contributed by atoms with Gasteiger partial charge >= 0.3 is 0 Å². The van der Waals surface area contributed by atoms with Crippen molar-refractivity contribution in [3.05, 3.63) is 0 Å². The molecule has 0 spiro atoms. The molecule has 1 heterocycles. The molecule has 0 radical (unpaired) electrons. The molecule has 5 nitrogen and oxygen atoms in total. The van der Waals surface area contributed by atoms with Crippen molar-refractivity contribution in [1.82, 2.24) is 15.1 Å². The minimum Gasteiger partial charge on any atom is -0.377 e. The molecular weight excluding hydrogens is 320 g/mol. The Kier molecular flexibility index (Phi) is 10.8. The van der Waals surface area contributed by atoms with Crippen LogP contribution in [0.5, 0.6) is 0 Å². The number of aliphatic imine (C=N–C) groups is 1. The molecule has 24 heavy (non-hydrogen) atoms. The Morgan fingerprint density at radius 3 is 2.71 bits per heavy atom. The van der Waals surface area contributed by atoms with E-state index in [4.69, 9.17) is 9.73 Å². The zero-order valence-electron chi connectivity index (χ0n) is 16.5. The summed E-state index contributed by atoms with van der Waals surface area (Å²) in [5.74, 6) is 2.94. The molecule has 1 N–H and O–H groups in total. The summed E-state index contributed by atoms with van der Waals surface area (Å²) in [6.45, 7) is 14.4. The van der Waals surface area contributed by atoms with E-state index in [1.807, 2.05) is 0 Å². The van der Waals surface area contributed by atoms with Gasteiger partial charge in [0.15, 0.2) is 5.96 Å². The third-order valence-corrected chi connectivity index (χ3v) is 5.76. The molecule has 0 aromatic carbocycles. The standard InChI is InChI=1S/C18H38N4OS/c1-7-19-18(22-11-12-24-17(14-22)15(3)4)20-13-16(23-8-2)9-10-21(5)6/h15-17H,7-14H2,1-6H3,(H,19,20). The van der Waals surface area contributed by atoms with E-state index in [0.29, 0.717) is 11.2 Å². The van der Waals surface area contributed by atoms with Crippen LogP contribution in [0.15, 0.2) is 4.99 Å². The van der Waals surface area contributed by atoms with Crippen LogP contribution in [0.4, 0.5) is 0 Å². The second-order valence-electron chi connectivity index (χ2n) is 6.96. The summed E-state index contributed by atoms with van der Waals surface area (Å²) in [6.07, 6.45) is 1.22. The van der Waals surface area contributed by atoms with E-state index in [0.717, 1.165) is 51.7 Å². The lowest BCUT2D eigenvalue weighted by atomic mass is 10.1. The first-order valence-corrected chi connectivity index (χ1v) is 10.4. The summed E-state index contributed by atoms with van der Waals surface area (Å²) < 4.78 is 5.88. The smallest absolute Gasteiger partial charge is 0.194 e. The van der Waals surface area contributed by atoms with Crippen LogP contribution in [0.3, 0.4) is 0 Å². The van der Waals surface area contributed by atoms with Crippen LogP contribution in [0, 0.1) is 5.92 Å². The molecule has 1 rings (SSSR count). The summed E-state index contributed by atoms with van der Waals surface area (Å²) in [7, 11) is 4.21. The van der Waals surface area contributed by atoms with Crippen molar-refractivity contribution in [2.45, 2.75) is 45.5 Å². The van der Waals surface area contributed by atoms with E-state index in [1.54, 1.807) is 0 Å². The van der Waals surface area contributed by atoms with Crippen LogP contribution in [0.25, 0.3) is 0 Å². The van der Waals surface area contributed by atoms with Crippen LogP contribution in [0.1, 0.15) is 34.1 Å². The summed E-state index contributed by atoms with van der Waals surface area (Å²) in [6, 6.07) is 0. The van der Waals surface area contributed by atoms with Crippen molar-refractivity contribution in [2.75, 3.05) is 59.2 Å². The van der Waals surface area contributed by atoms with Crippen LogP contribution < -0.4 is 5.32 Å². The van der Waals surface area contributed by atoms with Gasteiger partial charge in [0.05, 0.1) is 12.6 Å². The van der Waals surface area contributed by atoms with Gasteiger partial charge in [-0.05, 0) is 40.3 Å². The van der Waals surface area contributed by atoms with E-state index in [9.17, 15) is 0 Å². The van der Waals surface area contributed by atoms with Gasteiger partial charge in [0.25, 0.3) is 0 Å². The number of nitrogens with one attached hydrogen (secondary N) is 1. The minimum absolute atomic E-state index is 0.200. The lowest BCUT2D eigenvalue weighted by molar-refractivity contribution is 0.0580. The van der Waals surface area contributed by atoms with Crippen molar-refractivity contribution in [2.24, 2.45) is 10.9 Å². The SMILES string of the molecule is CCNC(=NCC(CCN(C)C)OCC)N1CCSC(C(C)C)C1. The topological polar surface area (TPSA) is 40.1 Å². The summed E-state index contributed by atoms with van der Waals surface area (Å²) >= 11 is 2.10. The highest BCUT2D eigenvalue weighted by Gasteiger charge is 2.25. The highest BCUT2D eigenvalue weighted by Crippen LogP contribution is 2.24. The number of thioether (sulfide) groups is 1. The summed E-state index contributed by atoms with van der Waals surface area (Å²) in [4.78, 5) is 9.54. The van der Waals surface area contributed by atoms with Gasteiger partial charge in [-0.25, -0.2) is 0 Å². The summed E-state index contributed by atoms with van der Waals surface area (Å²) in [5.41, 5.74) is 0. The molecule has 1 aliphatic rings. The molecule has 0 aromatic rings. The van der Waals surface area contributed by atoms with E-state index >= 15 is 0 Å². The average molecular weight is 359 g/mol. The van der Waals surface area contributed by atoms with Gasteiger partial charge in [-0.15, -0.1) is 0 Å². The highest BCUT2D eigenvalue weighted by atomic mass is 32.2. The number of nitrogens with zero attached hydrogens (tertiary/aromatic N) is 3. The lowest BCUT2D eigenvalue weighted by Crippen LogP contribution is -2.49. The van der Waals surface area contributed by atoms with E-state index in [1.165, 1.54) is 5.75 Å². The van der Waals surface area contributed by atoms with Crippen LogP contribution in [-0.2, 0) is 4.74 Å². The molecule has 6 heteroatoms. The number of guanidine groups is 1. The van der Waals surface area contributed by atoms with Crippen molar-refractivity contribution in [1.29, 1.82) is 0 Å². The maximum absolute atomic E-state index is 5.88. The number of hydrogen-bond donors (Lipinski definition) is 1. The molecule has 142 valence electrons. The Morgan fingerprint density at radius 2 is 2.12 bits per heavy atom. The van der Waals surface area contributed by atoms with E-state index < -0.39 is 0 Å². The molecule has 0 amide bonds. The highest BCUT2D eigenvalue weighted by molar-refractivity contribution is 8.00. The van der Waals surface area contributed by atoms with Gasteiger partial charge in [-0.2, -0.15) is 11.8 Å². The number of hydrogen-bond acceptors (Lipinski definition) is 4. The van der Waals surface area contributed by atoms with Gasteiger partial charge in [0, 0.05) is 43.8 Å². The predicted octanol–water partition coefficient (Wildman–Crippen LogP) is 2.38. The third kappa shape index (κ3) is 8.08.